The van der Waals surface area contributed by atoms with Crippen LogP contribution in [0.3, 0.4) is 0 Å². The van der Waals surface area contributed by atoms with Crippen LogP contribution in [0.5, 0.6) is 0 Å². The second kappa shape index (κ2) is 6.47. The Balaban J connectivity index is 1.67. The van der Waals surface area contributed by atoms with Gasteiger partial charge >= 0.3 is 0 Å². The van der Waals surface area contributed by atoms with E-state index in [0.717, 1.165) is 25.7 Å². The largest absolute Gasteiger partial charge is 0.377 e. The number of nitrogens with two attached hydrogens (primary N) is 1. The van der Waals surface area contributed by atoms with Gasteiger partial charge in [0.2, 0.25) is 0 Å². The smallest absolute Gasteiger partial charge is 0.257 e. The van der Waals surface area contributed by atoms with Gasteiger partial charge in [0.15, 0.2) is 5.03 Å². The Bertz CT molecular complexity index is 466. The maximum Gasteiger partial charge on any atom is 0.257 e. The first-order valence-corrected chi connectivity index (χ1v) is 7.91. The molecule has 1 saturated carbocycles. The zero-order valence-electron chi connectivity index (χ0n) is 10.7. The average Bonchev–Trinajstić information content (AvgIpc) is 2.91. The molecule has 4 N–H and O–H groups in total. The molecule has 7 nitrogen and oxygen atoms in total. The third-order valence-electron chi connectivity index (χ3n) is 3.23. The van der Waals surface area contributed by atoms with E-state index in [9.17, 15) is 8.42 Å². The number of aromatic nitrogens is 2. The summed E-state index contributed by atoms with van der Waals surface area (Å²) in [6.07, 6.45) is 6.66. The van der Waals surface area contributed by atoms with Gasteiger partial charge in [-0.2, -0.15) is 0 Å². The van der Waals surface area contributed by atoms with E-state index in [0.29, 0.717) is 12.6 Å². The summed E-state index contributed by atoms with van der Waals surface area (Å²) >= 11 is 0. The summed E-state index contributed by atoms with van der Waals surface area (Å²) in [6, 6.07) is 0.290. The standard InChI is InChI=1S/C11H20N4O3S/c12-9-1-3-10(4-2-9)18-6-5-15-19(16,17)11-7-13-8-14-11/h7-10,15H,1-6,12H2,(H,13,14). The Morgan fingerprint density at radius 1 is 1.42 bits per heavy atom. The van der Waals surface area contributed by atoms with E-state index in [-0.39, 0.29) is 17.7 Å². The Labute approximate surface area is 113 Å². The van der Waals surface area contributed by atoms with Crippen LogP contribution in [0, 0.1) is 0 Å². The maximum absolute atomic E-state index is 11.7. The van der Waals surface area contributed by atoms with E-state index >= 15 is 0 Å². The molecule has 0 saturated heterocycles. The van der Waals surface area contributed by atoms with E-state index in [1.54, 1.807) is 0 Å². The maximum atomic E-state index is 11.7. The predicted octanol–water partition coefficient (Wildman–Crippen LogP) is -0.0255. The van der Waals surface area contributed by atoms with Gasteiger partial charge in [-0.3, -0.25) is 0 Å². The van der Waals surface area contributed by atoms with Crippen LogP contribution in [0.2, 0.25) is 0 Å². The molecule has 0 aromatic carbocycles. The van der Waals surface area contributed by atoms with Crippen LogP contribution in [0.4, 0.5) is 0 Å². The lowest BCUT2D eigenvalue weighted by Crippen LogP contribution is -2.33. The topological polar surface area (TPSA) is 110 Å². The van der Waals surface area contributed by atoms with Crippen molar-refractivity contribution in [3.8, 4) is 0 Å². The predicted molar refractivity (Wildman–Crippen MR) is 70.0 cm³/mol. The number of sulfonamides is 1. The Hall–Kier alpha value is -0.960. The summed E-state index contributed by atoms with van der Waals surface area (Å²) in [6.45, 7) is 0.622. The summed E-state index contributed by atoms with van der Waals surface area (Å²) in [5, 5.41) is 0.0659. The summed E-state index contributed by atoms with van der Waals surface area (Å²) in [5.41, 5.74) is 5.81. The van der Waals surface area contributed by atoms with E-state index in [1.807, 2.05) is 0 Å². The number of ether oxygens (including phenoxy) is 1. The Kier molecular flexibility index (Phi) is 4.92. The second-order valence-corrected chi connectivity index (χ2v) is 6.46. The molecule has 8 heteroatoms. The molecule has 0 atom stereocenters. The first-order valence-electron chi connectivity index (χ1n) is 6.43. The van der Waals surface area contributed by atoms with Crippen LogP contribution >= 0.6 is 0 Å². The molecule has 2 rings (SSSR count). The molecule has 1 aliphatic rings. The van der Waals surface area contributed by atoms with Gasteiger partial charge in [0, 0.05) is 12.6 Å². The van der Waals surface area contributed by atoms with Crippen molar-refractivity contribution >= 4 is 10.0 Å². The monoisotopic (exact) mass is 288 g/mol. The summed E-state index contributed by atoms with van der Waals surface area (Å²) in [7, 11) is -3.50. The fourth-order valence-corrected chi connectivity index (χ4v) is 3.04. The molecule has 0 radical (unpaired) electrons. The van der Waals surface area contributed by atoms with Crippen molar-refractivity contribution in [3.63, 3.8) is 0 Å². The van der Waals surface area contributed by atoms with Crippen LogP contribution in [0.15, 0.2) is 17.6 Å². The molecule has 0 bridgehead atoms. The number of H-pyrrole nitrogens is 1. The Morgan fingerprint density at radius 2 is 2.16 bits per heavy atom. The molecule has 1 heterocycles. The number of aromatic amines is 1. The number of imidazole rings is 1. The molecule has 108 valence electrons. The molecule has 0 spiro atoms. The minimum atomic E-state index is -3.50. The lowest BCUT2D eigenvalue weighted by atomic mass is 9.94. The van der Waals surface area contributed by atoms with Gasteiger partial charge in [-0.05, 0) is 25.7 Å². The van der Waals surface area contributed by atoms with Crippen molar-refractivity contribution < 1.29 is 13.2 Å². The zero-order valence-corrected chi connectivity index (χ0v) is 11.5. The van der Waals surface area contributed by atoms with Crippen LogP contribution in [-0.2, 0) is 14.8 Å². The van der Waals surface area contributed by atoms with Gasteiger partial charge in [-0.1, -0.05) is 0 Å². The van der Waals surface area contributed by atoms with Crippen molar-refractivity contribution in [2.45, 2.75) is 42.9 Å². The van der Waals surface area contributed by atoms with Gasteiger partial charge in [0.25, 0.3) is 10.0 Å². The molecule has 0 unspecified atom stereocenters. The number of nitrogens with one attached hydrogen (secondary N) is 2. The second-order valence-electron chi connectivity index (χ2n) is 4.72. The summed E-state index contributed by atoms with van der Waals surface area (Å²) < 4.78 is 31.6. The zero-order chi connectivity index (χ0) is 13.7. The first-order chi connectivity index (χ1) is 9.08. The minimum Gasteiger partial charge on any atom is -0.377 e. The van der Waals surface area contributed by atoms with Crippen molar-refractivity contribution in [1.82, 2.24) is 14.7 Å². The van der Waals surface area contributed by atoms with E-state index < -0.39 is 10.0 Å². The van der Waals surface area contributed by atoms with Crippen LogP contribution in [0.1, 0.15) is 25.7 Å². The lowest BCUT2D eigenvalue weighted by molar-refractivity contribution is 0.0287. The third-order valence-corrected chi connectivity index (χ3v) is 4.62. The molecule has 1 fully saturated rings. The molecular weight excluding hydrogens is 268 g/mol. The lowest BCUT2D eigenvalue weighted by Gasteiger charge is -2.26. The van der Waals surface area contributed by atoms with Gasteiger partial charge in [0.05, 0.1) is 25.2 Å². The Morgan fingerprint density at radius 3 is 2.79 bits per heavy atom. The molecule has 0 aliphatic heterocycles. The van der Waals surface area contributed by atoms with Crippen molar-refractivity contribution in [2.24, 2.45) is 5.73 Å². The van der Waals surface area contributed by atoms with Crippen LogP contribution < -0.4 is 10.5 Å². The number of hydrogen-bond donors (Lipinski definition) is 3. The van der Waals surface area contributed by atoms with Gasteiger partial charge in [-0.25, -0.2) is 18.1 Å². The van der Waals surface area contributed by atoms with Crippen molar-refractivity contribution in [2.75, 3.05) is 13.2 Å². The fourth-order valence-electron chi connectivity index (χ4n) is 2.12. The normalized spacial score (nSPS) is 24.5. The summed E-state index contributed by atoms with van der Waals surface area (Å²) in [4.78, 5) is 6.24. The van der Waals surface area contributed by atoms with Crippen molar-refractivity contribution in [1.29, 1.82) is 0 Å². The third kappa shape index (κ3) is 4.27. The van der Waals surface area contributed by atoms with Crippen LogP contribution in [-0.4, -0.2) is 43.7 Å². The van der Waals surface area contributed by atoms with Gasteiger partial charge in [0.1, 0.15) is 0 Å². The number of nitrogens with zero attached hydrogens (tertiary/aromatic N) is 1. The SMILES string of the molecule is NC1CCC(OCCNS(=O)(=O)c2cnc[nH]2)CC1. The number of hydrogen-bond acceptors (Lipinski definition) is 5. The van der Waals surface area contributed by atoms with Gasteiger partial charge in [-0.15, -0.1) is 0 Å². The highest BCUT2D eigenvalue weighted by Crippen LogP contribution is 2.19. The average molecular weight is 288 g/mol. The van der Waals surface area contributed by atoms with Gasteiger partial charge < -0.3 is 15.5 Å². The van der Waals surface area contributed by atoms with E-state index in [4.69, 9.17) is 10.5 Å². The van der Waals surface area contributed by atoms with Crippen molar-refractivity contribution in [3.05, 3.63) is 12.5 Å². The summed E-state index contributed by atoms with van der Waals surface area (Å²) in [5.74, 6) is 0. The quantitative estimate of drug-likeness (QED) is 0.637. The molecular formula is C11H20N4O3S. The number of rotatable bonds is 6. The molecule has 19 heavy (non-hydrogen) atoms. The molecule has 1 aromatic heterocycles. The minimum absolute atomic E-state index is 0.0659. The molecule has 1 aliphatic carbocycles. The van der Waals surface area contributed by atoms with Crippen LogP contribution in [0.25, 0.3) is 0 Å². The first kappa shape index (κ1) is 14.4. The highest BCUT2D eigenvalue weighted by atomic mass is 32.2. The molecule has 1 aromatic rings. The highest BCUT2D eigenvalue weighted by molar-refractivity contribution is 7.89. The van der Waals surface area contributed by atoms with E-state index in [2.05, 4.69) is 14.7 Å². The van der Waals surface area contributed by atoms with E-state index in [1.165, 1.54) is 12.5 Å². The molecule has 0 amide bonds. The highest BCUT2D eigenvalue weighted by Gasteiger charge is 2.19. The fraction of sp³-hybridized carbons (Fsp3) is 0.727.